The van der Waals surface area contributed by atoms with Crippen LogP contribution in [0.4, 0.5) is 10.6 Å². The lowest BCUT2D eigenvalue weighted by molar-refractivity contribution is 0.109. The van der Waals surface area contributed by atoms with E-state index in [1.54, 1.807) is 7.11 Å². The van der Waals surface area contributed by atoms with Gasteiger partial charge in [-0.25, -0.2) is 4.79 Å². The minimum absolute atomic E-state index is 0.0814. The average Bonchev–Trinajstić information content (AvgIpc) is 3.07. The Kier molecular flexibility index (Phi) is 6.47. The van der Waals surface area contributed by atoms with Crippen LogP contribution in [0.1, 0.15) is 24.1 Å². The van der Waals surface area contributed by atoms with Gasteiger partial charge in [0.25, 0.3) is 0 Å². The second kappa shape index (κ2) is 9.01. The smallest absolute Gasteiger partial charge is 0.323 e. The summed E-state index contributed by atoms with van der Waals surface area (Å²) in [5.74, 6) is 0.629. The molecule has 1 aliphatic rings. The van der Waals surface area contributed by atoms with Crippen molar-refractivity contribution >= 4 is 11.8 Å². The molecule has 1 aromatic heterocycles. The number of hydrogen-bond acceptors (Lipinski definition) is 4. The van der Waals surface area contributed by atoms with Gasteiger partial charge in [0, 0.05) is 51.6 Å². The van der Waals surface area contributed by atoms with Gasteiger partial charge in [0.15, 0.2) is 5.82 Å². The molecule has 1 aromatic carbocycles. The Morgan fingerprint density at radius 1 is 1.22 bits per heavy atom. The number of anilines is 1. The summed E-state index contributed by atoms with van der Waals surface area (Å²) in [7, 11) is 1.71. The Bertz CT molecular complexity index is 738. The van der Waals surface area contributed by atoms with Crippen LogP contribution in [0, 0.1) is 6.92 Å². The Labute approximate surface area is 160 Å². The fourth-order valence-electron chi connectivity index (χ4n) is 3.26. The van der Waals surface area contributed by atoms with Crippen molar-refractivity contribution in [1.82, 2.24) is 19.6 Å². The fourth-order valence-corrected chi connectivity index (χ4v) is 3.26. The lowest BCUT2D eigenvalue weighted by Crippen LogP contribution is -2.50. The van der Waals surface area contributed by atoms with Gasteiger partial charge in [-0.1, -0.05) is 30.3 Å². The number of urea groups is 1. The van der Waals surface area contributed by atoms with E-state index in [0.717, 1.165) is 44.9 Å². The maximum absolute atomic E-state index is 12.6. The number of amides is 2. The highest BCUT2D eigenvalue weighted by molar-refractivity contribution is 5.89. The van der Waals surface area contributed by atoms with E-state index in [2.05, 4.69) is 34.4 Å². The number of aromatic nitrogens is 2. The third kappa shape index (κ3) is 4.87. The molecule has 0 spiro atoms. The summed E-state index contributed by atoms with van der Waals surface area (Å²) in [6, 6.07) is 10.3. The van der Waals surface area contributed by atoms with E-state index in [1.807, 2.05) is 40.9 Å². The number of methoxy groups -OCH3 is 1. The van der Waals surface area contributed by atoms with Crippen LogP contribution in [0.5, 0.6) is 0 Å². The van der Waals surface area contributed by atoms with Crippen LogP contribution >= 0.6 is 0 Å². The quantitative estimate of drug-likeness (QED) is 0.848. The van der Waals surface area contributed by atoms with Gasteiger partial charge in [-0.15, -0.1) is 0 Å². The van der Waals surface area contributed by atoms with E-state index in [0.29, 0.717) is 5.82 Å². The maximum Gasteiger partial charge on any atom is 0.323 e. The first-order chi connectivity index (χ1) is 13.1. The zero-order valence-corrected chi connectivity index (χ0v) is 16.4. The number of hydrogen-bond donors (Lipinski definition) is 1. The molecule has 7 nitrogen and oxygen atoms in total. The van der Waals surface area contributed by atoms with E-state index in [9.17, 15) is 4.79 Å². The molecule has 0 saturated carbocycles. The molecule has 2 amide bonds. The normalized spacial score (nSPS) is 16.3. The topological polar surface area (TPSA) is 62.6 Å². The molecule has 2 aromatic rings. The summed E-state index contributed by atoms with van der Waals surface area (Å²) in [4.78, 5) is 16.8. The van der Waals surface area contributed by atoms with Crippen molar-refractivity contribution in [3.8, 4) is 0 Å². The molecule has 1 N–H and O–H groups in total. The minimum atomic E-state index is -0.0814. The standard InChI is InChI=1S/C20H29N5O2/c1-16-15-25(17(2)18-7-5-4-6-8-18)22-19(16)21-20(26)24-11-9-23(10-12-24)13-14-27-3/h4-8,15,17H,9-14H2,1-3H3,(H,21,22,26)/t17-/m1/s1. The number of nitrogens with zero attached hydrogens (tertiary/aromatic N) is 4. The van der Waals surface area contributed by atoms with Crippen LogP contribution in [-0.2, 0) is 4.74 Å². The monoisotopic (exact) mass is 371 g/mol. The number of piperazine rings is 1. The summed E-state index contributed by atoms with van der Waals surface area (Å²) < 4.78 is 7.03. The van der Waals surface area contributed by atoms with Gasteiger partial charge in [-0.2, -0.15) is 5.10 Å². The summed E-state index contributed by atoms with van der Waals surface area (Å²) in [5.41, 5.74) is 2.15. The molecule has 7 heteroatoms. The summed E-state index contributed by atoms with van der Waals surface area (Å²) in [6.45, 7) is 8.89. The van der Waals surface area contributed by atoms with Crippen LogP contribution in [0.2, 0.25) is 0 Å². The third-order valence-corrected chi connectivity index (χ3v) is 5.09. The minimum Gasteiger partial charge on any atom is -0.383 e. The predicted octanol–water partition coefficient (Wildman–Crippen LogP) is 2.60. The number of carbonyl (C=O) groups is 1. The lowest BCUT2D eigenvalue weighted by Gasteiger charge is -2.34. The van der Waals surface area contributed by atoms with Gasteiger partial charge in [0.2, 0.25) is 0 Å². The Morgan fingerprint density at radius 3 is 2.59 bits per heavy atom. The molecule has 27 heavy (non-hydrogen) atoms. The van der Waals surface area contributed by atoms with Gasteiger partial charge < -0.3 is 9.64 Å². The largest absolute Gasteiger partial charge is 0.383 e. The van der Waals surface area contributed by atoms with E-state index < -0.39 is 0 Å². The highest BCUT2D eigenvalue weighted by atomic mass is 16.5. The Balaban J connectivity index is 1.58. The van der Waals surface area contributed by atoms with E-state index >= 15 is 0 Å². The molecular formula is C20H29N5O2. The molecule has 1 aliphatic heterocycles. The number of nitrogens with one attached hydrogen (secondary N) is 1. The predicted molar refractivity (Wildman–Crippen MR) is 106 cm³/mol. The molecule has 0 radical (unpaired) electrons. The van der Waals surface area contributed by atoms with Crippen molar-refractivity contribution in [2.24, 2.45) is 0 Å². The van der Waals surface area contributed by atoms with Crippen LogP contribution < -0.4 is 5.32 Å². The molecule has 0 aliphatic carbocycles. The lowest BCUT2D eigenvalue weighted by atomic mass is 10.1. The molecule has 1 atom stereocenters. The molecule has 2 heterocycles. The zero-order valence-electron chi connectivity index (χ0n) is 16.4. The first kappa shape index (κ1) is 19.4. The number of ether oxygens (including phenoxy) is 1. The van der Waals surface area contributed by atoms with E-state index in [1.165, 1.54) is 5.56 Å². The molecule has 1 saturated heterocycles. The molecular weight excluding hydrogens is 342 g/mol. The van der Waals surface area contributed by atoms with Gasteiger partial charge in [-0.05, 0) is 19.4 Å². The highest BCUT2D eigenvalue weighted by Gasteiger charge is 2.22. The van der Waals surface area contributed by atoms with Gasteiger partial charge in [-0.3, -0.25) is 14.9 Å². The first-order valence-corrected chi connectivity index (χ1v) is 9.46. The summed E-state index contributed by atoms with van der Waals surface area (Å²) >= 11 is 0. The maximum atomic E-state index is 12.6. The van der Waals surface area contributed by atoms with Crippen LogP contribution in [-0.4, -0.2) is 72.1 Å². The number of carbonyl (C=O) groups excluding carboxylic acids is 1. The van der Waals surface area contributed by atoms with Crippen molar-refractivity contribution < 1.29 is 9.53 Å². The van der Waals surface area contributed by atoms with Crippen LogP contribution in [0.15, 0.2) is 36.5 Å². The number of rotatable bonds is 6. The second-order valence-electron chi connectivity index (χ2n) is 6.98. The van der Waals surface area contributed by atoms with Gasteiger partial charge in [0.1, 0.15) is 0 Å². The second-order valence-corrected chi connectivity index (χ2v) is 6.98. The van der Waals surface area contributed by atoms with E-state index in [4.69, 9.17) is 4.74 Å². The van der Waals surface area contributed by atoms with Crippen molar-refractivity contribution in [3.63, 3.8) is 0 Å². The third-order valence-electron chi connectivity index (χ3n) is 5.09. The van der Waals surface area contributed by atoms with E-state index in [-0.39, 0.29) is 12.1 Å². The van der Waals surface area contributed by atoms with Gasteiger partial charge in [0.05, 0.1) is 12.6 Å². The number of benzene rings is 1. The first-order valence-electron chi connectivity index (χ1n) is 9.46. The van der Waals surface area contributed by atoms with Crippen molar-refractivity contribution in [1.29, 1.82) is 0 Å². The fraction of sp³-hybridized carbons (Fsp3) is 0.500. The van der Waals surface area contributed by atoms with Crippen LogP contribution in [0.3, 0.4) is 0 Å². The molecule has 0 bridgehead atoms. The zero-order chi connectivity index (χ0) is 19.2. The van der Waals surface area contributed by atoms with Crippen molar-refractivity contribution in [2.75, 3.05) is 51.8 Å². The van der Waals surface area contributed by atoms with Gasteiger partial charge >= 0.3 is 6.03 Å². The molecule has 0 unspecified atom stereocenters. The summed E-state index contributed by atoms with van der Waals surface area (Å²) in [6.07, 6.45) is 1.98. The Hall–Kier alpha value is -2.38. The number of aryl methyl sites for hydroxylation is 1. The SMILES string of the molecule is COCCN1CCN(C(=O)Nc2nn([C@H](C)c3ccccc3)cc2C)CC1. The van der Waals surface area contributed by atoms with Crippen molar-refractivity contribution in [2.45, 2.75) is 19.9 Å². The molecule has 1 fully saturated rings. The molecule has 146 valence electrons. The summed E-state index contributed by atoms with van der Waals surface area (Å²) in [5, 5.41) is 7.58. The highest BCUT2D eigenvalue weighted by Crippen LogP contribution is 2.21. The average molecular weight is 371 g/mol. The van der Waals surface area contributed by atoms with Crippen molar-refractivity contribution in [3.05, 3.63) is 47.7 Å². The molecule has 3 rings (SSSR count). The Morgan fingerprint density at radius 2 is 1.93 bits per heavy atom. The van der Waals surface area contributed by atoms with Crippen LogP contribution in [0.25, 0.3) is 0 Å².